The molecule has 0 bridgehead atoms. The molecule has 1 saturated heterocycles. The minimum atomic E-state index is -0.657. The van der Waals surface area contributed by atoms with Crippen LogP contribution in [0.1, 0.15) is 45.6 Å². The molecule has 0 saturated carbocycles. The lowest BCUT2D eigenvalue weighted by atomic mass is 10.0. The van der Waals surface area contributed by atoms with Crippen LogP contribution in [-0.2, 0) is 16.0 Å². The Labute approximate surface area is 160 Å². The maximum absolute atomic E-state index is 14.1. The van der Waals surface area contributed by atoms with Crippen molar-refractivity contribution in [2.75, 3.05) is 13.1 Å². The predicted molar refractivity (Wildman–Crippen MR) is 102 cm³/mol. The number of benzene rings is 1. The van der Waals surface area contributed by atoms with E-state index in [0.717, 1.165) is 12.8 Å². The summed E-state index contributed by atoms with van der Waals surface area (Å²) >= 11 is 0. The molecule has 0 aromatic heterocycles. The van der Waals surface area contributed by atoms with Gasteiger partial charge in [0, 0.05) is 31.6 Å². The second-order valence-electron chi connectivity index (χ2n) is 7.96. The van der Waals surface area contributed by atoms with Gasteiger partial charge in [0.2, 0.25) is 5.91 Å². The molecule has 7 heteroatoms. The van der Waals surface area contributed by atoms with Gasteiger partial charge in [-0.05, 0) is 51.7 Å². The molecule has 3 N–H and O–H groups in total. The molecule has 1 fully saturated rings. The van der Waals surface area contributed by atoms with E-state index in [-0.39, 0.29) is 30.6 Å². The number of amides is 2. The summed E-state index contributed by atoms with van der Waals surface area (Å²) in [5.74, 6) is -0.442. The van der Waals surface area contributed by atoms with E-state index in [4.69, 9.17) is 10.5 Å². The smallest absolute Gasteiger partial charge is 0.407 e. The lowest BCUT2D eigenvalue weighted by Gasteiger charge is -2.27. The number of hydrogen-bond donors (Lipinski definition) is 2. The zero-order chi connectivity index (χ0) is 20.0. The first-order valence-corrected chi connectivity index (χ1v) is 9.42. The summed E-state index contributed by atoms with van der Waals surface area (Å²) in [6, 6.07) is 5.83. The van der Waals surface area contributed by atoms with Gasteiger partial charge in [-0.15, -0.1) is 0 Å². The standard InChI is InChI=1S/C20H30FN3O3/c1-20(2,3)27-19(26)23-15(11-14-7-4-5-9-17(14)21)12-18(25)24-10-6-8-16(24)13-22/h4-5,7,9,15-16H,6,8,10-13,22H2,1-3H3,(H,23,26)/t15-,16+/m1/s1. The van der Waals surface area contributed by atoms with Crippen LogP contribution in [0, 0.1) is 5.82 Å². The van der Waals surface area contributed by atoms with Crippen LogP contribution in [0.3, 0.4) is 0 Å². The van der Waals surface area contributed by atoms with Crippen molar-refractivity contribution in [2.45, 2.75) is 64.1 Å². The molecule has 1 aromatic rings. The quantitative estimate of drug-likeness (QED) is 0.796. The molecule has 150 valence electrons. The number of rotatable bonds is 6. The highest BCUT2D eigenvalue weighted by Crippen LogP contribution is 2.19. The third kappa shape index (κ3) is 6.50. The maximum Gasteiger partial charge on any atom is 0.407 e. The van der Waals surface area contributed by atoms with Crippen molar-refractivity contribution in [1.82, 2.24) is 10.2 Å². The lowest BCUT2D eigenvalue weighted by molar-refractivity contribution is -0.132. The van der Waals surface area contributed by atoms with E-state index in [9.17, 15) is 14.0 Å². The lowest BCUT2D eigenvalue weighted by Crippen LogP contribution is -2.46. The molecular formula is C20H30FN3O3. The van der Waals surface area contributed by atoms with E-state index >= 15 is 0 Å². The van der Waals surface area contributed by atoms with Gasteiger partial charge in [-0.3, -0.25) is 4.79 Å². The van der Waals surface area contributed by atoms with Gasteiger partial charge >= 0.3 is 6.09 Å². The van der Waals surface area contributed by atoms with Gasteiger partial charge in [-0.1, -0.05) is 18.2 Å². The largest absolute Gasteiger partial charge is 0.444 e. The Morgan fingerprint density at radius 3 is 2.70 bits per heavy atom. The van der Waals surface area contributed by atoms with Crippen molar-refractivity contribution in [3.8, 4) is 0 Å². The fourth-order valence-corrected chi connectivity index (χ4v) is 3.31. The number of carbonyl (C=O) groups excluding carboxylic acids is 2. The molecule has 2 rings (SSSR count). The van der Waals surface area contributed by atoms with E-state index in [1.165, 1.54) is 6.07 Å². The summed E-state index contributed by atoms with van der Waals surface area (Å²) in [4.78, 5) is 26.7. The Hall–Kier alpha value is -2.15. The van der Waals surface area contributed by atoms with Gasteiger partial charge in [0.1, 0.15) is 11.4 Å². The average Bonchev–Trinajstić information content (AvgIpc) is 3.03. The highest BCUT2D eigenvalue weighted by Gasteiger charge is 2.30. The van der Waals surface area contributed by atoms with Crippen LogP contribution in [0.2, 0.25) is 0 Å². The maximum atomic E-state index is 14.1. The monoisotopic (exact) mass is 379 g/mol. The Morgan fingerprint density at radius 1 is 1.37 bits per heavy atom. The third-order valence-corrected chi connectivity index (χ3v) is 4.54. The van der Waals surface area contributed by atoms with E-state index < -0.39 is 17.7 Å². The van der Waals surface area contributed by atoms with Crippen molar-refractivity contribution < 1.29 is 18.7 Å². The molecule has 2 amide bonds. The van der Waals surface area contributed by atoms with Crippen molar-refractivity contribution in [1.29, 1.82) is 0 Å². The zero-order valence-electron chi connectivity index (χ0n) is 16.3. The topological polar surface area (TPSA) is 84.7 Å². The Kier molecular flexibility index (Phi) is 7.18. The Morgan fingerprint density at radius 2 is 2.07 bits per heavy atom. The van der Waals surface area contributed by atoms with E-state index in [1.807, 2.05) is 0 Å². The summed E-state index contributed by atoms with van der Waals surface area (Å²) in [5.41, 5.74) is 5.54. The second-order valence-corrected chi connectivity index (χ2v) is 7.96. The number of halogens is 1. The van der Waals surface area contributed by atoms with Crippen LogP contribution in [0.4, 0.5) is 9.18 Å². The van der Waals surface area contributed by atoms with Crippen molar-refractivity contribution >= 4 is 12.0 Å². The predicted octanol–water partition coefficient (Wildman–Crippen LogP) is 2.60. The molecular weight excluding hydrogens is 349 g/mol. The number of likely N-dealkylation sites (tertiary alicyclic amines) is 1. The van der Waals surface area contributed by atoms with Crippen LogP contribution < -0.4 is 11.1 Å². The van der Waals surface area contributed by atoms with Gasteiger partial charge in [-0.25, -0.2) is 9.18 Å². The average molecular weight is 379 g/mol. The molecule has 0 aliphatic carbocycles. The van der Waals surface area contributed by atoms with Gasteiger partial charge < -0.3 is 20.7 Å². The molecule has 6 nitrogen and oxygen atoms in total. The molecule has 0 unspecified atom stereocenters. The van der Waals surface area contributed by atoms with Gasteiger partial charge in [0.05, 0.1) is 0 Å². The molecule has 1 aliphatic heterocycles. The SMILES string of the molecule is CC(C)(C)OC(=O)N[C@@H](CC(=O)N1CCC[C@H]1CN)Cc1ccccc1F. The molecule has 1 aromatic carbocycles. The highest BCUT2D eigenvalue weighted by molar-refractivity contribution is 5.78. The van der Waals surface area contributed by atoms with Crippen molar-refractivity contribution in [3.05, 3.63) is 35.6 Å². The molecule has 0 radical (unpaired) electrons. The number of hydrogen-bond acceptors (Lipinski definition) is 4. The first-order valence-electron chi connectivity index (χ1n) is 9.42. The van der Waals surface area contributed by atoms with Crippen LogP contribution >= 0.6 is 0 Å². The fraction of sp³-hybridized carbons (Fsp3) is 0.600. The van der Waals surface area contributed by atoms with Crippen molar-refractivity contribution in [3.63, 3.8) is 0 Å². The Balaban J connectivity index is 2.09. The second kappa shape index (κ2) is 9.17. The Bertz CT molecular complexity index is 660. The summed E-state index contributed by atoms with van der Waals surface area (Å²) in [7, 11) is 0. The third-order valence-electron chi connectivity index (χ3n) is 4.54. The van der Waals surface area contributed by atoms with E-state index in [0.29, 0.717) is 18.7 Å². The number of alkyl carbamates (subject to hydrolysis) is 1. The minimum absolute atomic E-state index is 0.0353. The minimum Gasteiger partial charge on any atom is -0.444 e. The molecule has 1 aliphatic rings. The molecule has 0 spiro atoms. The summed E-state index contributed by atoms with van der Waals surface area (Å²) in [5, 5.41) is 2.73. The summed E-state index contributed by atoms with van der Waals surface area (Å²) < 4.78 is 19.4. The number of nitrogens with one attached hydrogen (secondary N) is 1. The zero-order valence-corrected chi connectivity index (χ0v) is 16.3. The van der Waals surface area contributed by atoms with Gasteiger partial charge in [-0.2, -0.15) is 0 Å². The normalized spacial score (nSPS) is 18.3. The van der Waals surface area contributed by atoms with Crippen LogP contribution in [-0.4, -0.2) is 47.7 Å². The molecule has 1 heterocycles. The summed E-state index contributed by atoms with van der Waals surface area (Å²) in [6.45, 7) is 6.38. The van der Waals surface area contributed by atoms with Gasteiger partial charge in [0.15, 0.2) is 0 Å². The van der Waals surface area contributed by atoms with E-state index in [2.05, 4.69) is 5.32 Å². The van der Waals surface area contributed by atoms with Crippen LogP contribution in [0.5, 0.6) is 0 Å². The van der Waals surface area contributed by atoms with E-state index in [1.54, 1.807) is 43.9 Å². The van der Waals surface area contributed by atoms with Gasteiger partial charge in [0.25, 0.3) is 0 Å². The first-order chi connectivity index (χ1) is 12.7. The highest BCUT2D eigenvalue weighted by atomic mass is 19.1. The fourth-order valence-electron chi connectivity index (χ4n) is 3.31. The van der Waals surface area contributed by atoms with Crippen molar-refractivity contribution in [2.24, 2.45) is 5.73 Å². The molecule has 2 atom stereocenters. The number of ether oxygens (including phenoxy) is 1. The number of carbonyl (C=O) groups is 2. The number of nitrogens with two attached hydrogens (primary N) is 1. The van der Waals surface area contributed by atoms with Crippen LogP contribution in [0.15, 0.2) is 24.3 Å². The summed E-state index contributed by atoms with van der Waals surface area (Å²) in [6.07, 6.45) is 1.47. The van der Waals surface area contributed by atoms with Crippen LogP contribution in [0.25, 0.3) is 0 Å². The first kappa shape index (κ1) is 21.2. The molecule has 27 heavy (non-hydrogen) atoms. The number of nitrogens with zero attached hydrogens (tertiary/aromatic N) is 1.